The molecule has 152 valence electrons. The first-order valence-electron chi connectivity index (χ1n) is 9.90. The molecule has 0 saturated carbocycles. The fraction of sp³-hybridized carbons (Fsp3) is 1.00. The number of hydrogen-bond donors (Lipinski definition) is 1. The molecule has 0 aromatic rings. The molecular formula is C14H31B4O7PS. The Morgan fingerprint density at radius 2 is 1.67 bits per heavy atom. The number of methoxy groups -OCH3 is 2. The lowest BCUT2D eigenvalue weighted by atomic mass is 9.38. The molecule has 2 aliphatic heterocycles. The van der Waals surface area contributed by atoms with E-state index in [1.807, 2.05) is 0 Å². The highest BCUT2D eigenvalue weighted by molar-refractivity contribution is 8.54. The molecule has 7 nitrogen and oxygen atoms in total. The fourth-order valence-corrected chi connectivity index (χ4v) is 6.58. The quantitative estimate of drug-likeness (QED) is 0.344. The van der Waals surface area contributed by atoms with Crippen LogP contribution in [0.15, 0.2) is 0 Å². The molecule has 7 unspecified atom stereocenters. The summed E-state index contributed by atoms with van der Waals surface area (Å²) in [5, 5.41) is 0. The Bertz CT molecular complexity index is 494. The molecule has 0 bridgehead atoms. The van der Waals surface area contributed by atoms with Crippen LogP contribution in [0.1, 0.15) is 12.8 Å². The average molecular weight is 418 g/mol. The largest absolute Gasteiger partial charge is 0.387 e. The summed E-state index contributed by atoms with van der Waals surface area (Å²) in [6.45, 7) is 0.738. The smallest absolute Gasteiger partial charge is 0.382 e. The lowest BCUT2D eigenvalue weighted by molar-refractivity contribution is -0.0118. The van der Waals surface area contributed by atoms with Crippen LogP contribution in [0.25, 0.3) is 0 Å². The van der Waals surface area contributed by atoms with Crippen LogP contribution in [0.5, 0.6) is 0 Å². The molecule has 13 heteroatoms. The maximum absolute atomic E-state index is 12.6. The highest BCUT2D eigenvalue weighted by Crippen LogP contribution is 2.58. The van der Waals surface area contributed by atoms with Gasteiger partial charge in [-0.25, -0.2) is 4.57 Å². The lowest BCUT2D eigenvalue weighted by Gasteiger charge is -2.23. The Hall–Kier alpha value is 0.600. The normalized spacial score (nSPS) is 35.6. The Balaban J connectivity index is 1.87. The first kappa shape index (κ1) is 23.9. The van der Waals surface area contributed by atoms with E-state index >= 15 is 0 Å². The SMILES string of the molecule is CBBC1CC(OC)C(CSP(=O)(O)OC2CC(BBC)OC2COC)O1. The molecule has 0 radical (unpaired) electrons. The molecule has 7 atom stereocenters. The van der Waals surface area contributed by atoms with Gasteiger partial charge in [-0.2, -0.15) is 0 Å². The zero-order valence-electron chi connectivity index (χ0n) is 16.9. The minimum atomic E-state index is -3.83. The Kier molecular flexibility index (Phi) is 10.3. The van der Waals surface area contributed by atoms with Gasteiger partial charge in [0.05, 0.1) is 39.3 Å². The first-order valence-corrected chi connectivity index (χ1v) is 13.1. The third-order valence-electron chi connectivity index (χ3n) is 5.08. The molecule has 0 amide bonds. The third kappa shape index (κ3) is 7.41. The molecule has 1 N–H and O–H groups in total. The Labute approximate surface area is 169 Å². The molecule has 2 rings (SSSR count). The van der Waals surface area contributed by atoms with Gasteiger partial charge in [-0.3, -0.25) is 4.52 Å². The van der Waals surface area contributed by atoms with Gasteiger partial charge in [0.2, 0.25) is 0 Å². The molecule has 0 aromatic heterocycles. The molecule has 27 heavy (non-hydrogen) atoms. The van der Waals surface area contributed by atoms with Gasteiger partial charge in [0, 0.05) is 32.0 Å². The summed E-state index contributed by atoms with van der Waals surface area (Å²) < 4.78 is 40.9. The van der Waals surface area contributed by atoms with Crippen molar-refractivity contribution in [2.75, 3.05) is 26.6 Å². The van der Waals surface area contributed by atoms with E-state index in [0.717, 1.165) is 46.5 Å². The average Bonchev–Trinajstić information content (AvgIpc) is 3.17. The van der Waals surface area contributed by atoms with Crippen LogP contribution in [0, 0.1) is 0 Å². The van der Waals surface area contributed by atoms with Gasteiger partial charge < -0.3 is 23.8 Å². The van der Waals surface area contributed by atoms with Crippen LogP contribution in [0.3, 0.4) is 0 Å². The monoisotopic (exact) mass is 418 g/mol. The molecule has 0 aromatic carbocycles. The van der Waals surface area contributed by atoms with E-state index in [1.165, 1.54) is 0 Å². The number of ether oxygens (including phenoxy) is 4. The standard InChI is InChI=1S/C14H31B4O7PS/c1-15-17-13-5-9(22-4)12(24-13)8-27-26(19,20)25-10-6-14(18-16-2)23-11(10)7-21-3/h9-18H,5-8H2,1-4H3,(H,19,20). The number of hydrogen-bond acceptors (Lipinski definition) is 7. The topological polar surface area (TPSA) is 83.5 Å². The zero-order chi connectivity index (χ0) is 19.9. The lowest BCUT2D eigenvalue weighted by Crippen LogP contribution is -2.28. The van der Waals surface area contributed by atoms with E-state index in [-0.39, 0.29) is 30.3 Å². The predicted molar refractivity (Wildman–Crippen MR) is 117 cm³/mol. The highest BCUT2D eigenvalue weighted by Gasteiger charge is 2.41. The van der Waals surface area contributed by atoms with E-state index < -0.39 is 12.9 Å². The Morgan fingerprint density at radius 3 is 2.22 bits per heavy atom. The summed E-state index contributed by atoms with van der Waals surface area (Å²) in [5.41, 5.74) is 0. The van der Waals surface area contributed by atoms with Gasteiger partial charge >= 0.3 is 6.80 Å². The second-order valence-electron chi connectivity index (χ2n) is 7.28. The van der Waals surface area contributed by atoms with Crippen molar-refractivity contribution in [1.29, 1.82) is 0 Å². The van der Waals surface area contributed by atoms with Gasteiger partial charge in [-0.05, 0) is 24.2 Å². The van der Waals surface area contributed by atoms with Gasteiger partial charge in [0.1, 0.15) is 20.4 Å². The molecular weight excluding hydrogens is 386 g/mol. The minimum Gasteiger partial charge on any atom is -0.382 e. The summed E-state index contributed by atoms with van der Waals surface area (Å²) in [7, 11) is 7.19. The summed E-state index contributed by atoms with van der Waals surface area (Å²) in [5.74, 6) is 0.368. The second kappa shape index (κ2) is 11.7. The molecule has 2 heterocycles. The van der Waals surface area contributed by atoms with Crippen molar-refractivity contribution < 1.29 is 32.9 Å². The minimum absolute atomic E-state index is 0.0426. The van der Waals surface area contributed by atoms with Crippen molar-refractivity contribution in [3.8, 4) is 0 Å². The maximum Gasteiger partial charge on any atom is 0.387 e. The summed E-state index contributed by atoms with van der Waals surface area (Å²) in [6, 6.07) is 0.213. The molecule has 0 aliphatic carbocycles. The van der Waals surface area contributed by atoms with E-state index in [2.05, 4.69) is 13.6 Å². The predicted octanol–water partition coefficient (Wildman–Crippen LogP) is -0.231. The van der Waals surface area contributed by atoms with Gasteiger partial charge in [-0.1, -0.05) is 13.6 Å². The van der Waals surface area contributed by atoms with E-state index in [0.29, 0.717) is 18.8 Å². The first-order chi connectivity index (χ1) is 12.9. The van der Waals surface area contributed by atoms with E-state index in [9.17, 15) is 9.46 Å². The molecule has 2 saturated heterocycles. The summed E-state index contributed by atoms with van der Waals surface area (Å²) in [6.07, 6.45) is 0.474. The highest BCUT2D eigenvalue weighted by atomic mass is 32.7. The fourth-order valence-electron chi connectivity index (χ4n) is 3.80. The third-order valence-corrected chi connectivity index (χ3v) is 8.11. The van der Waals surface area contributed by atoms with Gasteiger partial charge in [0.15, 0.2) is 0 Å². The molecule has 2 fully saturated rings. The molecule has 2 aliphatic rings. The van der Waals surface area contributed by atoms with Crippen LogP contribution in [0.2, 0.25) is 13.6 Å². The van der Waals surface area contributed by atoms with Crippen molar-refractivity contribution in [3.63, 3.8) is 0 Å². The van der Waals surface area contributed by atoms with Crippen LogP contribution in [-0.2, 0) is 28.0 Å². The van der Waals surface area contributed by atoms with Crippen LogP contribution in [0.4, 0.5) is 0 Å². The van der Waals surface area contributed by atoms with Crippen LogP contribution >= 0.6 is 18.2 Å². The summed E-state index contributed by atoms with van der Waals surface area (Å²) >= 11 is 0.924. The van der Waals surface area contributed by atoms with Crippen molar-refractivity contribution in [2.45, 2.75) is 62.9 Å². The van der Waals surface area contributed by atoms with Crippen LogP contribution < -0.4 is 0 Å². The summed E-state index contributed by atoms with van der Waals surface area (Å²) in [4.78, 5) is 10.4. The van der Waals surface area contributed by atoms with Crippen molar-refractivity contribution in [2.24, 2.45) is 0 Å². The maximum atomic E-state index is 12.6. The second-order valence-corrected chi connectivity index (χ2v) is 11.2. The van der Waals surface area contributed by atoms with Crippen LogP contribution in [-0.4, -0.2) is 96.6 Å². The molecule has 0 spiro atoms. The van der Waals surface area contributed by atoms with Crippen molar-refractivity contribution in [3.05, 3.63) is 0 Å². The zero-order valence-corrected chi connectivity index (χ0v) is 18.6. The van der Waals surface area contributed by atoms with Crippen molar-refractivity contribution >= 4 is 46.9 Å². The van der Waals surface area contributed by atoms with E-state index in [4.69, 9.17) is 23.5 Å². The number of rotatable bonds is 12. The van der Waals surface area contributed by atoms with Gasteiger partial charge in [0.25, 0.3) is 0 Å². The van der Waals surface area contributed by atoms with Gasteiger partial charge in [-0.15, -0.1) is 0 Å². The van der Waals surface area contributed by atoms with Crippen molar-refractivity contribution in [1.82, 2.24) is 0 Å². The van der Waals surface area contributed by atoms with E-state index in [1.54, 1.807) is 14.2 Å². The Morgan fingerprint density at radius 1 is 1.07 bits per heavy atom.